The van der Waals surface area contributed by atoms with Crippen LogP contribution in [-0.2, 0) is 4.79 Å². The van der Waals surface area contributed by atoms with Gasteiger partial charge in [-0.3, -0.25) is 14.9 Å². The topological polar surface area (TPSA) is 83.5 Å². The Bertz CT molecular complexity index is 533. The normalized spacial score (nSPS) is 17.3. The molecular weight excluding hydrogens is 242 g/mol. The summed E-state index contributed by atoms with van der Waals surface area (Å²) in [6, 6.07) is 6.03. The third kappa shape index (κ3) is 2.54. The van der Waals surface area contributed by atoms with Crippen LogP contribution in [-0.4, -0.2) is 22.2 Å². The van der Waals surface area contributed by atoms with Crippen LogP contribution in [0.5, 0.6) is 0 Å². The first-order chi connectivity index (χ1) is 8.06. The summed E-state index contributed by atoms with van der Waals surface area (Å²) in [7, 11) is 0. The van der Waals surface area contributed by atoms with Crippen LogP contribution >= 0.6 is 11.8 Å². The zero-order chi connectivity index (χ0) is 12.4. The first-order valence-corrected chi connectivity index (χ1v) is 5.46. The van der Waals surface area contributed by atoms with Crippen LogP contribution in [0.25, 0.3) is 6.08 Å². The summed E-state index contributed by atoms with van der Waals surface area (Å²) in [6.45, 7) is 0. The quantitative estimate of drug-likeness (QED) is 0.779. The molecule has 1 aliphatic heterocycles. The van der Waals surface area contributed by atoms with Gasteiger partial charge in [-0.05, 0) is 35.5 Å². The van der Waals surface area contributed by atoms with Gasteiger partial charge in [0.1, 0.15) is 0 Å². The van der Waals surface area contributed by atoms with Crippen LogP contribution in [0.4, 0.5) is 4.79 Å². The molecule has 1 heterocycles. The summed E-state index contributed by atoms with van der Waals surface area (Å²) in [5.74, 6) is -1.44. The van der Waals surface area contributed by atoms with E-state index in [9.17, 15) is 14.4 Å². The molecule has 1 fully saturated rings. The van der Waals surface area contributed by atoms with Gasteiger partial charge in [-0.15, -0.1) is 0 Å². The van der Waals surface area contributed by atoms with E-state index in [-0.39, 0.29) is 5.56 Å². The van der Waals surface area contributed by atoms with Gasteiger partial charge < -0.3 is 5.11 Å². The summed E-state index contributed by atoms with van der Waals surface area (Å²) in [5.41, 5.74) is 0.842. The number of carbonyl (C=O) groups excluding carboxylic acids is 2. The van der Waals surface area contributed by atoms with Crippen LogP contribution < -0.4 is 5.32 Å². The maximum Gasteiger partial charge on any atom is 0.335 e. The summed E-state index contributed by atoms with van der Waals surface area (Å²) in [5, 5.41) is 10.4. The Morgan fingerprint density at radius 1 is 1.24 bits per heavy atom. The van der Waals surface area contributed by atoms with E-state index in [1.165, 1.54) is 18.2 Å². The molecule has 1 saturated heterocycles. The molecule has 2 rings (SSSR count). The van der Waals surface area contributed by atoms with Crippen molar-refractivity contribution >= 4 is 35.0 Å². The van der Waals surface area contributed by atoms with Gasteiger partial charge >= 0.3 is 5.97 Å². The van der Waals surface area contributed by atoms with Gasteiger partial charge in [-0.25, -0.2) is 4.79 Å². The van der Waals surface area contributed by atoms with E-state index in [0.29, 0.717) is 10.5 Å². The van der Waals surface area contributed by atoms with Crippen molar-refractivity contribution in [2.75, 3.05) is 0 Å². The number of rotatable bonds is 2. The molecule has 0 radical (unpaired) electrons. The highest BCUT2D eigenvalue weighted by Gasteiger charge is 2.24. The number of carboxylic acid groups (broad SMARTS) is 1. The average Bonchev–Trinajstić information content (AvgIpc) is 2.58. The Labute approximate surface area is 101 Å². The van der Waals surface area contributed by atoms with E-state index >= 15 is 0 Å². The first kappa shape index (κ1) is 11.4. The second-order valence-electron chi connectivity index (χ2n) is 3.28. The predicted molar refractivity (Wildman–Crippen MR) is 62.5 cm³/mol. The van der Waals surface area contributed by atoms with Crippen molar-refractivity contribution in [1.29, 1.82) is 0 Å². The number of carboxylic acids is 1. The van der Waals surface area contributed by atoms with Crippen LogP contribution in [0.15, 0.2) is 29.2 Å². The van der Waals surface area contributed by atoms with E-state index in [1.807, 2.05) is 0 Å². The van der Waals surface area contributed by atoms with E-state index in [4.69, 9.17) is 5.11 Å². The molecule has 2 amide bonds. The van der Waals surface area contributed by atoms with E-state index < -0.39 is 17.1 Å². The molecule has 1 aliphatic rings. The maximum absolute atomic E-state index is 11.2. The van der Waals surface area contributed by atoms with Crippen molar-refractivity contribution in [2.24, 2.45) is 0 Å². The Balaban J connectivity index is 2.24. The molecule has 5 nitrogen and oxygen atoms in total. The smallest absolute Gasteiger partial charge is 0.335 e. The molecule has 2 N–H and O–H groups in total. The molecular formula is C11H7NO4S. The molecule has 0 saturated carbocycles. The summed E-state index contributed by atoms with van der Waals surface area (Å²) >= 11 is 0.824. The van der Waals surface area contributed by atoms with Gasteiger partial charge in [0.05, 0.1) is 10.5 Å². The SMILES string of the molecule is O=C1NC(=O)/C(=C\c2ccc(C(=O)O)cc2)S1. The molecule has 1 aromatic rings. The van der Waals surface area contributed by atoms with Crippen LogP contribution in [0.2, 0.25) is 0 Å². The van der Waals surface area contributed by atoms with Gasteiger partial charge in [-0.2, -0.15) is 0 Å². The molecule has 0 unspecified atom stereocenters. The fourth-order valence-electron chi connectivity index (χ4n) is 1.29. The van der Waals surface area contributed by atoms with Crippen molar-refractivity contribution in [2.45, 2.75) is 0 Å². The minimum Gasteiger partial charge on any atom is -0.478 e. The highest BCUT2D eigenvalue weighted by atomic mass is 32.2. The molecule has 86 valence electrons. The Morgan fingerprint density at radius 3 is 2.35 bits per heavy atom. The lowest BCUT2D eigenvalue weighted by Crippen LogP contribution is -2.17. The number of amides is 2. The third-order valence-corrected chi connectivity index (χ3v) is 2.91. The monoisotopic (exact) mass is 249 g/mol. The summed E-state index contributed by atoms with van der Waals surface area (Å²) in [6.07, 6.45) is 1.54. The Morgan fingerprint density at radius 2 is 1.88 bits per heavy atom. The molecule has 0 spiro atoms. The number of hydrogen-bond acceptors (Lipinski definition) is 4. The van der Waals surface area contributed by atoms with Gasteiger partial charge in [-0.1, -0.05) is 12.1 Å². The lowest BCUT2D eigenvalue weighted by molar-refractivity contribution is -0.115. The van der Waals surface area contributed by atoms with Crippen molar-refractivity contribution in [3.8, 4) is 0 Å². The number of imide groups is 1. The minimum absolute atomic E-state index is 0.173. The van der Waals surface area contributed by atoms with Crippen molar-refractivity contribution < 1.29 is 19.5 Å². The molecule has 0 atom stereocenters. The van der Waals surface area contributed by atoms with E-state index in [2.05, 4.69) is 5.32 Å². The maximum atomic E-state index is 11.2. The molecule has 1 aromatic carbocycles. The standard InChI is InChI=1S/C11H7NO4S/c13-9-8(17-11(16)12-9)5-6-1-3-7(4-2-6)10(14)15/h1-5H,(H,14,15)(H,12,13,16)/b8-5+. The molecule has 0 aromatic heterocycles. The van der Waals surface area contributed by atoms with Gasteiger partial charge in [0.2, 0.25) is 0 Å². The fourth-order valence-corrected chi connectivity index (χ4v) is 1.98. The van der Waals surface area contributed by atoms with Crippen LogP contribution in [0.3, 0.4) is 0 Å². The average molecular weight is 249 g/mol. The number of benzene rings is 1. The molecule has 0 bridgehead atoms. The number of nitrogens with one attached hydrogen (secondary N) is 1. The van der Waals surface area contributed by atoms with E-state index in [1.54, 1.807) is 12.1 Å². The van der Waals surface area contributed by atoms with Gasteiger partial charge in [0, 0.05) is 0 Å². The molecule has 17 heavy (non-hydrogen) atoms. The van der Waals surface area contributed by atoms with Crippen LogP contribution in [0.1, 0.15) is 15.9 Å². The lowest BCUT2D eigenvalue weighted by atomic mass is 10.1. The Kier molecular flexibility index (Phi) is 2.97. The summed E-state index contributed by atoms with van der Waals surface area (Å²) in [4.78, 5) is 33.1. The number of carbonyl (C=O) groups is 3. The van der Waals surface area contributed by atoms with E-state index in [0.717, 1.165) is 11.8 Å². The number of hydrogen-bond donors (Lipinski definition) is 2. The van der Waals surface area contributed by atoms with Gasteiger partial charge in [0.15, 0.2) is 0 Å². The van der Waals surface area contributed by atoms with Crippen molar-refractivity contribution in [3.05, 3.63) is 40.3 Å². The zero-order valence-corrected chi connectivity index (χ0v) is 9.28. The highest BCUT2D eigenvalue weighted by Crippen LogP contribution is 2.25. The van der Waals surface area contributed by atoms with Crippen LogP contribution in [0, 0.1) is 0 Å². The number of aromatic carboxylic acids is 1. The molecule has 6 heteroatoms. The number of thioether (sulfide) groups is 1. The fraction of sp³-hybridized carbons (Fsp3) is 0. The Hall–Kier alpha value is -2.08. The zero-order valence-electron chi connectivity index (χ0n) is 8.47. The van der Waals surface area contributed by atoms with Crippen molar-refractivity contribution in [1.82, 2.24) is 5.32 Å². The second-order valence-corrected chi connectivity index (χ2v) is 4.29. The largest absolute Gasteiger partial charge is 0.478 e. The minimum atomic E-state index is -1.01. The molecule has 0 aliphatic carbocycles. The lowest BCUT2D eigenvalue weighted by Gasteiger charge is -1.96. The van der Waals surface area contributed by atoms with Crippen molar-refractivity contribution in [3.63, 3.8) is 0 Å². The third-order valence-electron chi connectivity index (χ3n) is 2.10. The second kappa shape index (κ2) is 4.42. The predicted octanol–water partition coefficient (Wildman–Crippen LogP) is 1.71. The highest BCUT2D eigenvalue weighted by molar-refractivity contribution is 8.18. The summed E-state index contributed by atoms with van der Waals surface area (Å²) < 4.78 is 0. The van der Waals surface area contributed by atoms with Gasteiger partial charge in [0.25, 0.3) is 11.1 Å². The first-order valence-electron chi connectivity index (χ1n) is 4.64.